The van der Waals surface area contributed by atoms with E-state index in [9.17, 15) is 31.1 Å². The lowest BCUT2D eigenvalue weighted by Crippen LogP contribution is -2.50. The molecular weight excluding hydrogens is 581 g/mol. The van der Waals surface area contributed by atoms with Crippen LogP contribution in [0.4, 0.5) is 10.1 Å². The first-order chi connectivity index (χ1) is 18.8. The molecule has 40 heavy (non-hydrogen) atoms. The molecule has 4 rings (SSSR count). The lowest BCUT2D eigenvalue weighted by molar-refractivity contribution is 0.0389. The van der Waals surface area contributed by atoms with Gasteiger partial charge in [-0.05, 0) is 54.8 Å². The van der Waals surface area contributed by atoms with E-state index in [1.807, 2.05) is 0 Å². The van der Waals surface area contributed by atoms with Crippen molar-refractivity contribution in [3.63, 3.8) is 0 Å². The number of thiophene rings is 1. The quantitative estimate of drug-likeness (QED) is 0.380. The Morgan fingerprint density at radius 2 is 1.85 bits per heavy atom. The lowest BCUT2D eigenvalue weighted by Gasteiger charge is -2.38. The molecule has 1 aliphatic rings. The number of likely N-dealkylation sites (N-methyl/N-ethyl adjacent to an activating group) is 1. The Balaban J connectivity index is 1.75. The summed E-state index contributed by atoms with van der Waals surface area (Å²) >= 11 is 1.02. The van der Waals surface area contributed by atoms with Gasteiger partial charge in [-0.3, -0.25) is 9.52 Å². The van der Waals surface area contributed by atoms with Gasteiger partial charge in [-0.1, -0.05) is 19.1 Å². The zero-order valence-electron chi connectivity index (χ0n) is 22.0. The second-order valence-electron chi connectivity index (χ2n) is 9.58. The first-order valence-corrected chi connectivity index (χ1v) is 16.1. The average molecular weight is 612 g/mol. The zero-order valence-corrected chi connectivity index (χ0v) is 24.5. The van der Waals surface area contributed by atoms with Crippen molar-refractivity contribution in [2.75, 3.05) is 31.5 Å². The maximum Gasteiger partial charge on any atom is 0.271 e. The average Bonchev–Trinajstić information content (AvgIpc) is 3.47. The van der Waals surface area contributed by atoms with E-state index in [0.717, 1.165) is 27.8 Å². The van der Waals surface area contributed by atoms with Gasteiger partial charge in [0.25, 0.3) is 15.9 Å². The number of para-hydroxylation sites is 1. The Morgan fingerprint density at radius 1 is 1.15 bits per heavy atom. The van der Waals surface area contributed by atoms with E-state index < -0.39 is 49.8 Å². The third kappa shape index (κ3) is 6.15. The lowest BCUT2D eigenvalue weighted by atomic mass is 9.99. The van der Waals surface area contributed by atoms with E-state index in [0.29, 0.717) is 0 Å². The molecule has 216 valence electrons. The van der Waals surface area contributed by atoms with Gasteiger partial charge in [0.15, 0.2) is 5.75 Å². The third-order valence-corrected chi connectivity index (χ3v) is 11.3. The minimum atomic E-state index is -4.03. The number of carbonyl (C=O) groups is 1. The number of sulfonamides is 2. The van der Waals surface area contributed by atoms with Crippen LogP contribution >= 0.6 is 11.3 Å². The van der Waals surface area contributed by atoms with Gasteiger partial charge in [0.1, 0.15) is 16.1 Å². The number of ether oxygens (including phenoxy) is 1. The third-order valence-electron chi connectivity index (χ3n) is 6.65. The van der Waals surface area contributed by atoms with Crippen LogP contribution in [-0.2, 0) is 20.0 Å². The van der Waals surface area contributed by atoms with Gasteiger partial charge < -0.3 is 14.7 Å². The molecule has 0 fully saturated rings. The van der Waals surface area contributed by atoms with Gasteiger partial charge >= 0.3 is 0 Å². The van der Waals surface area contributed by atoms with Crippen LogP contribution in [0, 0.1) is 11.7 Å². The molecule has 14 heteroatoms. The van der Waals surface area contributed by atoms with Crippen molar-refractivity contribution >= 4 is 43.0 Å². The fraction of sp³-hybridized carbons (Fsp3) is 0.346. The van der Waals surface area contributed by atoms with Crippen LogP contribution in [0.15, 0.2) is 69.1 Å². The molecule has 2 N–H and O–H groups in total. The fourth-order valence-corrected chi connectivity index (χ4v) is 7.53. The molecule has 10 nitrogen and oxygen atoms in total. The van der Waals surface area contributed by atoms with Crippen LogP contribution in [0.3, 0.4) is 0 Å². The second-order valence-corrected chi connectivity index (χ2v) is 14.5. The number of amides is 1. The van der Waals surface area contributed by atoms with E-state index in [2.05, 4.69) is 4.72 Å². The molecular formula is C26H30FN3O7S3. The molecule has 1 aromatic heterocycles. The van der Waals surface area contributed by atoms with Crippen molar-refractivity contribution in [2.45, 2.75) is 35.1 Å². The van der Waals surface area contributed by atoms with Crippen LogP contribution < -0.4 is 9.46 Å². The molecule has 0 unspecified atom stereocenters. The van der Waals surface area contributed by atoms with Crippen molar-refractivity contribution in [1.82, 2.24) is 9.21 Å². The zero-order chi connectivity index (χ0) is 29.2. The number of halogens is 1. The largest absolute Gasteiger partial charge is 0.486 e. The molecule has 0 radical (unpaired) electrons. The minimum Gasteiger partial charge on any atom is -0.486 e. The Labute approximate surface area is 237 Å². The number of benzene rings is 2. The first-order valence-electron chi connectivity index (χ1n) is 12.3. The molecule has 0 saturated carbocycles. The Bertz CT molecular complexity index is 1560. The predicted octanol–water partition coefficient (Wildman–Crippen LogP) is 3.23. The summed E-state index contributed by atoms with van der Waals surface area (Å²) in [6, 6.07) is 11.4. The Morgan fingerprint density at radius 3 is 2.48 bits per heavy atom. The molecule has 1 aliphatic heterocycles. The summed E-state index contributed by atoms with van der Waals surface area (Å²) in [5.74, 6) is -1.53. The van der Waals surface area contributed by atoms with Gasteiger partial charge in [-0.15, -0.1) is 11.3 Å². The number of hydrogen-bond acceptors (Lipinski definition) is 8. The molecule has 0 aliphatic carbocycles. The van der Waals surface area contributed by atoms with Gasteiger partial charge in [0, 0.05) is 19.5 Å². The summed E-state index contributed by atoms with van der Waals surface area (Å²) in [5.41, 5.74) is 0.0756. The second kappa shape index (κ2) is 11.8. The van der Waals surface area contributed by atoms with E-state index in [-0.39, 0.29) is 45.8 Å². The highest BCUT2D eigenvalue weighted by Gasteiger charge is 2.36. The number of nitrogens with one attached hydrogen (secondary N) is 1. The van der Waals surface area contributed by atoms with Crippen LogP contribution in [-0.4, -0.2) is 75.9 Å². The van der Waals surface area contributed by atoms with E-state index in [4.69, 9.17) is 4.74 Å². The first kappa shape index (κ1) is 29.9. The Hall–Kier alpha value is -3.04. The maximum atomic E-state index is 13.6. The number of nitrogens with zero attached hydrogens (tertiary/aromatic N) is 2. The number of fused-ring (bicyclic) bond motifs is 1. The molecule has 0 bridgehead atoms. The monoisotopic (exact) mass is 611 g/mol. The number of anilines is 1. The predicted molar refractivity (Wildman–Crippen MR) is 149 cm³/mol. The van der Waals surface area contributed by atoms with Crippen molar-refractivity contribution in [3.8, 4) is 5.75 Å². The van der Waals surface area contributed by atoms with Crippen LogP contribution in [0.25, 0.3) is 0 Å². The van der Waals surface area contributed by atoms with Gasteiger partial charge in [-0.25, -0.2) is 21.2 Å². The highest BCUT2D eigenvalue weighted by Crippen LogP contribution is 2.36. The molecule has 1 amide bonds. The smallest absolute Gasteiger partial charge is 0.271 e. The number of carbonyl (C=O) groups excluding carboxylic acids is 1. The van der Waals surface area contributed by atoms with Gasteiger partial charge in [0.2, 0.25) is 10.0 Å². The number of hydrogen-bond donors (Lipinski definition) is 2. The molecule has 2 heterocycles. The normalized spacial score (nSPS) is 18.9. The summed E-state index contributed by atoms with van der Waals surface area (Å²) in [6.07, 6.45) is -0.840. The summed E-state index contributed by atoms with van der Waals surface area (Å²) < 4.78 is 75.9. The summed E-state index contributed by atoms with van der Waals surface area (Å²) in [6.45, 7) is 3.11. The Kier molecular flexibility index (Phi) is 8.85. The number of rotatable bonds is 9. The molecule has 2 aromatic carbocycles. The van der Waals surface area contributed by atoms with Gasteiger partial charge in [0.05, 0.1) is 35.3 Å². The molecule has 3 atom stereocenters. The number of aliphatic hydroxyl groups is 1. The topological polar surface area (TPSA) is 133 Å². The maximum absolute atomic E-state index is 13.6. The van der Waals surface area contributed by atoms with Crippen molar-refractivity contribution in [2.24, 2.45) is 5.92 Å². The van der Waals surface area contributed by atoms with Crippen molar-refractivity contribution < 1.29 is 35.9 Å². The molecule has 0 spiro atoms. The van der Waals surface area contributed by atoms with Gasteiger partial charge in [-0.2, -0.15) is 4.31 Å². The van der Waals surface area contributed by atoms with Crippen LogP contribution in [0.2, 0.25) is 0 Å². The highest BCUT2D eigenvalue weighted by atomic mass is 32.2. The minimum absolute atomic E-state index is 0.0130. The van der Waals surface area contributed by atoms with Crippen molar-refractivity contribution in [3.05, 3.63) is 71.4 Å². The van der Waals surface area contributed by atoms with E-state index in [1.54, 1.807) is 25.3 Å². The van der Waals surface area contributed by atoms with E-state index in [1.165, 1.54) is 48.3 Å². The summed E-state index contributed by atoms with van der Waals surface area (Å²) in [5, 5.41) is 11.5. The standard InChI is InChI=1S/C26H30FN3O7S3/c1-17-14-30(18(2)16-31)26(32)21-6-4-7-22(28-39(33,34)24-8-5-13-38-24)25(21)37-23(17)15-29(3)40(35,36)20-11-9-19(27)10-12-20/h4-13,17-18,23,28,31H,14-16H2,1-3H3/t17-,18-,23-/m1/s1. The van der Waals surface area contributed by atoms with Crippen LogP contribution in [0.5, 0.6) is 5.75 Å². The highest BCUT2D eigenvalue weighted by molar-refractivity contribution is 7.94. The SMILES string of the molecule is C[C@@H]1CN([C@H](C)CO)C(=O)c2cccc(NS(=O)(=O)c3cccs3)c2O[C@@H]1CN(C)S(=O)(=O)c1ccc(F)cc1. The van der Waals surface area contributed by atoms with Crippen LogP contribution in [0.1, 0.15) is 24.2 Å². The number of aliphatic hydroxyl groups excluding tert-OH is 1. The molecule has 3 aromatic rings. The summed E-state index contributed by atoms with van der Waals surface area (Å²) in [7, 11) is -6.68. The molecule has 0 saturated heterocycles. The fourth-order valence-electron chi connectivity index (χ4n) is 4.29. The summed E-state index contributed by atoms with van der Waals surface area (Å²) in [4.78, 5) is 15.0. The van der Waals surface area contributed by atoms with E-state index >= 15 is 0 Å². The van der Waals surface area contributed by atoms with Crippen molar-refractivity contribution in [1.29, 1.82) is 0 Å².